The highest BCUT2D eigenvalue weighted by atomic mass is 32.2. The molecule has 2 heterocycles. The van der Waals surface area contributed by atoms with E-state index in [0.717, 1.165) is 16.0 Å². The molecule has 0 aromatic carbocycles. The number of nitrogens with zero attached hydrogens (tertiary/aromatic N) is 2. The Labute approximate surface area is 91.8 Å². The fourth-order valence-corrected chi connectivity index (χ4v) is 2.63. The molecule has 0 bridgehead atoms. The molecular formula is C10H12N2S2. The zero-order chi connectivity index (χ0) is 10.1. The Bertz CT molecular complexity index is 448. The zero-order valence-electron chi connectivity index (χ0n) is 8.44. The molecule has 2 aromatic heterocycles. The van der Waals surface area contributed by atoms with Gasteiger partial charge in [0.1, 0.15) is 10.3 Å². The van der Waals surface area contributed by atoms with Crippen molar-refractivity contribution in [3.63, 3.8) is 0 Å². The van der Waals surface area contributed by atoms with Crippen molar-refractivity contribution < 1.29 is 0 Å². The van der Waals surface area contributed by atoms with E-state index >= 15 is 0 Å². The molecule has 0 radical (unpaired) electrons. The summed E-state index contributed by atoms with van der Waals surface area (Å²) >= 11 is 3.35. The molecule has 0 aliphatic rings. The van der Waals surface area contributed by atoms with E-state index < -0.39 is 0 Å². The van der Waals surface area contributed by atoms with Gasteiger partial charge in [0.15, 0.2) is 0 Å². The van der Waals surface area contributed by atoms with Crippen LogP contribution in [-0.2, 0) is 0 Å². The number of thiazole rings is 1. The highest BCUT2D eigenvalue weighted by Gasteiger charge is 2.09. The van der Waals surface area contributed by atoms with Gasteiger partial charge in [-0.2, -0.15) is 0 Å². The molecule has 2 rings (SSSR count). The van der Waals surface area contributed by atoms with Gasteiger partial charge < -0.3 is 0 Å². The summed E-state index contributed by atoms with van der Waals surface area (Å²) in [5.74, 6) is 0.479. The van der Waals surface area contributed by atoms with Gasteiger partial charge in [0, 0.05) is 10.6 Å². The van der Waals surface area contributed by atoms with Crippen molar-refractivity contribution in [2.45, 2.75) is 24.7 Å². The van der Waals surface area contributed by atoms with Crippen LogP contribution in [0.2, 0.25) is 0 Å². The predicted molar refractivity (Wildman–Crippen MR) is 63.3 cm³/mol. The van der Waals surface area contributed by atoms with Crippen LogP contribution in [0.15, 0.2) is 16.5 Å². The van der Waals surface area contributed by atoms with Crippen molar-refractivity contribution in [3.05, 3.63) is 17.3 Å². The average Bonchev–Trinajstić information content (AvgIpc) is 2.63. The van der Waals surface area contributed by atoms with E-state index in [-0.39, 0.29) is 0 Å². The lowest BCUT2D eigenvalue weighted by Gasteiger charge is -2.06. The summed E-state index contributed by atoms with van der Waals surface area (Å²) in [4.78, 5) is 11.2. The van der Waals surface area contributed by atoms with Crippen molar-refractivity contribution >= 4 is 33.4 Å². The molecule has 4 heteroatoms. The van der Waals surface area contributed by atoms with Crippen LogP contribution in [0.1, 0.15) is 25.5 Å². The van der Waals surface area contributed by atoms with Crippen molar-refractivity contribution in [1.29, 1.82) is 0 Å². The fourth-order valence-electron chi connectivity index (χ4n) is 1.29. The summed E-state index contributed by atoms with van der Waals surface area (Å²) < 4.78 is 0. The number of thioether (sulfide) groups is 1. The molecule has 2 aromatic rings. The Hall–Kier alpha value is -0.610. The lowest BCUT2D eigenvalue weighted by atomic mass is 10.1. The van der Waals surface area contributed by atoms with Crippen LogP contribution in [0.5, 0.6) is 0 Å². The van der Waals surface area contributed by atoms with Gasteiger partial charge in [-0.05, 0) is 18.2 Å². The van der Waals surface area contributed by atoms with Crippen LogP contribution in [0.25, 0.3) is 10.3 Å². The van der Waals surface area contributed by atoms with Gasteiger partial charge in [-0.25, -0.2) is 9.97 Å². The molecule has 0 spiro atoms. The first kappa shape index (κ1) is 9.93. The van der Waals surface area contributed by atoms with E-state index in [9.17, 15) is 0 Å². The van der Waals surface area contributed by atoms with Gasteiger partial charge in [0.05, 0.1) is 5.51 Å². The number of rotatable bonds is 2. The Kier molecular flexibility index (Phi) is 2.74. The van der Waals surface area contributed by atoms with Crippen LogP contribution < -0.4 is 0 Å². The quantitative estimate of drug-likeness (QED) is 0.730. The molecule has 0 atom stereocenters. The first-order valence-corrected chi connectivity index (χ1v) is 6.61. The van der Waals surface area contributed by atoms with Crippen LogP contribution in [0.4, 0.5) is 0 Å². The van der Waals surface area contributed by atoms with Gasteiger partial charge in [-0.1, -0.05) is 13.8 Å². The number of aromatic nitrogens is 2. The second-order valence-electron chi connectivity index (χ2n) is 3.41. The molecule has 0 saturated carbocycles. The summed E-state index contributed by atoms with van der Waals surface area (Å²) in [6.45, 7) is 4.33. The maximum Gasteiger partial charge on any atom is 0.144 e. The van der Waals surface area contributed by atoms with E-state index in [4.69, 9.17) is 0 Å². The van der Waals surface area contributed by atoms with Crippen LogP contribution in [-0.4, -0.2) is 16.2 Å². The summed E-state index contributed by atoms with van der Waals surface area (Å²) in [7, 11) is 0. The first-order valence-electron chi connectivity index (χ1n) is 4.50. The van der Waals surface area contributed by atoms with Crippen molar-refractivity contribution in [2.24, 2.45) is 0 Å². The van der Waals surface area contributed by atoms with E-state index in [1.54, 1.807) is 23.1 Å². The molecule has 0 saturated heterocycles. The predicted octanol–water partition coefficient (Wildman–Crippen LogP) is 3.54. The Morgan fingerprint density at radius 3 is 2.86 bits per heavy atom. The fraction of sp³-hybridized carbons (Fsp3) is 0.400. The number of hydrogen-bond acceptors (Lipinski definition) is 4. The van der Waals surface area contributed by atoms with Crippen molar-refractivity contribution in [1.82, 2.24) is 9.97 Å². The smallest absolute Gasteiger partial charge is 0.144 e. The molecule has 0 unspecified atom stereocenters. The lowest BCUT2D eigenvalue weighted by molar-refractivity contribution is 0.826. The van der Waals surface area contributed by atoms with E-state index in [2.05, 4.69) is 36.1 Å². The van der Waals surface area contributed by atoms with Crippen LogP contribution in [0, 0.1) is 0 Å². The third-order valence-electron chi connectivity index (χ3n) is 2.10. The molecule has 0 amide bonds. The van der Waals surface area contributed by atoms with Gasteiger partial charge in [-0.15, -0.1) is 23.1 Å². The topological polar surface area (TPSA) is 25.8 Å². The summed E-state index contributed by atoms with van der Waals surface area (Å²) in [6.07, 6.45) is 2.08. The second kappa shape index (κ2) is 3.87. The lowest BCUT2D eigenvalue weighted by Crippen LogP contribution is -1.93. The van der Waals surface area contributed by atoms with Gasteiger partial charge >= 0.3 is 0 Å². The summed E-state index contributed by atoms with van der Waals surface area (Å²) in [5.41, 5.74) is 4.07. The molecule has 2 nitrogen and oxygen atoms in total. The maximum atomic E-state index is 4.59. The van der Waals surface area contributed by atoms with Crippen LogP contribution in [0.3, 0.4) is 0 Å². The van der Waals surface area contributed by atoms with Crippen LogP contribution >= 0.6 is 23.1 Å². The minimum Gasteiger partial charge on any atom is -0.242 e. The second-order valence-corrected chi connectivity index (χ2v) is 5.09. The van der Waals surface area contributed by atoms with Gasteiger partial charge in [-0.3, -0.25) is 0 Å². The number of pyridine rings is 1. The largest absolute Gasteiger partial charge is 0.242 e. The zero-order valence-corrected chi connectivity index (χ0v) is 10.1. The first-order chi connectivity index (χ1) is 6.72. The minimum absolute atomic E-state index is 0.479. The molecular weight excluding hydrogens is 212 g/mol. The average molecular weight is 224 g/mol. The van der Waals surface area contributed by atoms with E-state index in [0.29, 0.717) is 5.92 Å². The molecule has 0 aliphatic heterocycles. The van der Waals surface area contributed by atoms with Crippen molar-refractivity contribution in [2.75, 3.05) is 6.26 Å². The SMILES string of the molecule is CSc1cc(C(C)C)nc2scnc12. The van der Waals surface area contributed by atoms with E-state index in [1.807, 2.05) is 5.51 Å². The monoisotopic (exact) mass is 224 g/mol. The third kappa shape index (κ3) is 1.64. The third-order valence-corrected chi connectivity index (χ3v) is 3.57. The number of hydrogen-bond donors (Lipinski definition) is 0. The molecule has 14 heavy (non-hydrogen) atoms. The summed E-state index contributed by atoms with van der Waals surface area (Å²) in [5, 5.41) is 0. The maximum absolute atomic E-state index is 4.59. The highest BCUT2D eigenvalue weighted by molar-refractivity contribution is 7.98. The molecule has 0 N–H and O–H groups in total. The molecule has 74 valence electrons. The Morgan fingerprint density at radius 1 is 1.43 bits per heavy atom. The Balaban J connectivity index is 2.67. The normalized spacial score (nSPS) is 11.4. The highest BCUT2D eigenvalue weighted by Crippen LogP contribution is 2.29. The van der Waals surface area contributed by atoms with Gasteiger partial charge in [0.2, 0.25) is 0 Å². The Morgan fingerprint density at radius 2 is 2.21 bits per heavy atom. The van der Waals surface area contributed by atoms with E-state index in [1.165, 1.54) is 4.90 Å². The minimum atomic E-state index is 0.479. The summed E-state index contributed by atoms with van der Waals surface area (Å²) in [6, 6.07) is 2.15. The van der Waals surface area contributed by atoms with Gasteiger partial charge in [0.25, 0.3) is 0 Å². The standard InChI is InChI=1S/C10H12N2S2/c1-6(2)7-4-8(13-3)9-10(12-7)14-5-11-9/h4-6H,1-3H3. The van der Waals surface area contributed by atoms with Crippen molar-refractivity contribution in [3.8, 4) is 0 Å². The molecule has 0 aliphatic carbocycles. The number of fused-ring (bicyclic) bond motifs is 1. The molecule has 0 fully saturated rings.